The normalized spacial score (nSPS) is 31.9. The van der Waals surface area contributed by atoms with Crippen LogP contribution in [0.2, 0.25) is 0 Å². The van der Waals surface area contributed by atoms with E-state index in [1.165, 1.54) is 30.6 Å². The molecule has 1 amide bonds. The maximum Gasteiger partial charge on any atom is 0.229 e. The molecule has 1 aromatic rings. The van der Waals surface area contributed by atoms with Crippen LogP contribution in [0.3, 0.4) is 0 Å². The number of carbonyl (C=O) groups excluding carboxylic acids is 1. The lowest BCUT2D eigenvalue weighted by Gasteiger charge is -2.19. The van der Waals surface area contributed by atoms with Gasteiger partial charge in [0.15, 0.2) is 5.13 Å². The molecule has 0 spiro atoms. The average molecular weight is 236 g/mol. The lowest BCUT2D eigenvalue weighted by Crippen LogP contribution is -2.27. The van der Waals surface area contributed by atoms with E-state index >= 15 is 0 Å². The summed E-state index contributed by atoms with van der Waals surface area (Å²) >= 11 is 1.51. The first-order valence-electron chi connectivity index (χ1n) is 5.95. The molecule has 0 aromatic carbocycles. The van der Waals surface area contributed by atoms with Crippen molar-refractivity contribution in [3.8, 4) is 0 Å². The SMILES string of the molecule is Cc1csc(NC(=O)[C@@H]2C[C@@H]3CC[C@@H]2C3)n1. The van der Waals surface area contributed by atoms with Crippen LogP contribution in [-0.4, -0.2) is 10.9 Å². The molecule has 1 N–H and O–H groups in total. The smallest absolute Gasteiger partial charge is 0.229 e. The van der Waals surface area contributed by atoms with E-state index in [9.17, 15) is 4.79 Å². The molecule has 0 radical (unpaired) electrons. The average Bonchev–Trinajstić information content (AvgIpc) is 2.93. The molecule has 16 heavy (non-hydrogen) atoms. The fourth-order valence-electron chi connectivity index (χ4n) is 3.18. The first-order valence-corrected chi connectivity index (χ1v) is 6.83. The number of hydrogen-bond acceptors (Lipinski definition) is 3. The molecule has 1 aromatic heterocycles. The van der Waals surface area contributed by atoms with Crippen molar-refractivity contribution in [2.75, 3.05) is 5.32 Å². The van der Waals surface area contributed by atoms with Gasteiger partial charge >= 0.3 is 0 Å². The lowest BCUT2D eigenvalue weighted by molar-refractivity contribution is -0.121. The summed E-state index contributed by atoms with van der Waals surface area (Å²) < 4.78 is 0. The molecule has 3 nitrogen and oxygen atoms in total. The molecule has 1 heterocycles. The summed E-state index contributed by atoms with van der Waals surface area (Å²) in [6, 6.07) is 0. The van der Waals surface area contributed by atoms with E-state index in [0.717, 1.165) is 23.2 Å². The number of aryl methyl sites for hydroxylation is 1. The molecule has 0 aliphatic heterocycles. The quantitative estimate of drug-likeness (QED) is 0.858. The maximum absolute atomic E-state index is 12.1. The second kappa shape index (κ2) is 3.84. The van der Waals surface area contributed by atoms with Crippen molar-refractivity contribution in [2.24, 2.45) is 17.8 Å². The minimum atomic E-state index is 0.196. The molecule has 2 fully saturated rings. The van der Waals surface area contributed by atoms with E-state index in [0.29, 0.717) is 5.92 Å². The molecule has 3 rings (SSSR count). The van der Waals surface area contributed by atoms with Gasteiger partial charge in [0.25, 0.3) is 0 Å². The van der Waals surface area contributed by atoms with Gasteiger partial charge in [0.2, 0.25) is 5.91 Å². The minimum absolute atomic E-state index is 0.196. The predicted octanol–water partition coefficient (Wildman–Crippen LogP) is 2.83. The first-order chi connectivity index (χ1) is 7.72. The van der Waals surface area contributed by atoms with Crippen LogP contribution < -0.4 is 5.32 Å². The fourth-order valence-corrected chi connectivity index (χ4v) is 3.87. The molecule has 2 aliphatic rings. The van der Waals surface area contributed by atoms with E-state index in [1.807, 2.05) is 12.3 Å². The number of rotatable bonds is 2. The van der Waals surface area contributed by atoms with Crippen LogP contribution in [0.5, 0.6) is 0 Å². The van der Waals surface area contributed by atoms with E-state index in [-0.39, 0.29) is 11.8 Å². The zero-order valence-corrected chi connectivity index (χ0v) is 10.2. The number of fused-ring (bicyclic) bond motifs is 2. The van der Waals surface area contributed by atoms with Crippen molar-refractivity contribution in [1.82, 2.24) is 4.98 Å². The summed E-state index contributed by atoms with van der Waals surface area (Å²) in [6.45, 7) is 1.95. The third kappa shape index (κ3) is 1.75. The summed E-state index contributed by atoms with van der Waals surface area (Å²) in [5.74, 6) is 1.91. The largest absolute Gasteiger partial charge is 0.302 e. The second-order valence-corrected chi connectivity index (χ2v) is 5.92. The van der Waals surface area contributed by atoms with Gasteiger partial charge in [-0.1, -0.05) is 6.42 Å². The molecule has 86 valence electrons. The van der Waals surface area contributed by atoms with E-state index in [4.69, 9.17) is 0 Å². The Bertz CT molecular complexity index is 415. The Morgan fingerprint density at radius 3 is 2.94 bits per heavy atom. The molecular formula is C12H16N2OS. The van der Waals surface area contributed by atoms with Gasteiger partial charge in [-0.3, -0.25) is 4.79 Å². The number of nitrogens with zero attached hydrogens (tertiary/aromatic N) is 1. The summed E-state index contributed by atoms with van der Waals surface area (Å²) in [7, 11) is 0. The van der Waals surface area contributed by atoms with Crippen molar-refractivity contribution in [2.45, 2.75) is 32.6 Å². The summed E-state index contributed by atoms with van der Waals surface area (Å²) in [4.78, 5) is 16.3. The number of hydrogen-bond donors (Lipinski definition) is 1. The minimum Gasteiger partial charge on any atom is -0.302 e. The number of thiazole rings is 1. The van der Waals surface area contributed by atoms with Gasteiger partial charge in [-0.25, -0.2) is 4.98 Å². The number of aromatic nitrogens is 1. The van der Waals surface area contributed by atoms with Crippen LogP contribution in [0.25, 0.3) is 0 Å². The van der Waals surface area contributed by atoms with Gasteiger partial charge in [0, 0.05) is 11.3 Å². The van der Waals surface area contributed by atoms with Crippen LogP contribution in [0.1, 0.15) is 31.4 Å². The zero-order chi connectivity index (χ0) is 11.1. The molecule has 0 unspecified atom stereocenters. The Morgan fingerprint density at radius 1 is 1.50 bits per heavy atom. The van der Waals surface area contributed by atoms with Gasteiger partial charge in [-0.15, -0.1) is 11.3 Å². The maximum atomic E-state index is 12.1. The number of nitrogens with one attached hydrogen (secondary N) is 1. The van der Waals surface area contributed by atoms with Crippen LogP contribution in [0, 0.1) is 24.7 Å². The van der Waals surface area contributed by atoms with Crippen molar-refractivity contribution >= 4 is 22.4 Å². The van der Waals surface area contributed by atoms with E-state index in [1.54, 1.807) is 0 Å². The molecule has 2 aliphatic carbocycles. The molecule has 2 saturated carbocycles. The predicted molar refractivity (Wildman–Crippen MR) is 64.4 cm³/mol. The van der Waals surface area contributed by atoms with Crippen LogP contribution >= 0.6 is 11.3 Å². The molecular weight excluding hydrogens is 220 g/mol. The van der Waals surface area contributed by atoms with Crippen LogP contribution in [0.4, 0.5) is 5.13 Å². The van der Waals surface area contributed by atoms with Gasteiger partial charge in [-0.2, -0.15) is 0 Å². The first kappa shape index (κ1) is 10.3. The van der Waals surface area contributed by atoms with Crippen LogP contribution in [0.15, 0.2) is 5.38 Å². The summed E-state index contributed by atoms with van der Waals surface area (Å²) in [6.07, 6.45) is 4.96. The molecule has 3 atom stereocenters. The van der Waals surface area contributed by atoms with Crippen molar-refractivity contribution in [3.05, 3.63) is 11.1 Å². The third-order valence-corrected chi connectivity index (χ3v) is 4.80. The Balaban J connectivity index is 1.65. The van der Waals surface area contributed by atoms with Gasteiger partial charge < -0.3 is 5.32 Å². The molecule has 0 saturated heterocycles. The van der Waals surface area contributed by atoms with Crippen LogP contribution in [-0.2, 0) is 4.79 Å². The van der Waals surface area contributed by atoms with Gasteiger partial charge in [0.1, 0.15) is 0 Å². The highest BCUT2D eigenvalue weighted by Crippen LogP contribution is 2.48. The summed E-state index contributed by atoms with van der Waals surface area (Å²) in [5, 5.41) is 5.68. The highest BCUT2D eigenvalue weighted by Gasteiger charge is 2.43. The number of amides is 1. The monoisotopic (exact) mass is 236 g/mol. The topological polar surface area (TPSA) is 42.0 Å². The number of anilines is 1. The van der Waals surface area contributed by atoms with E-state index in [2.05, 4.69) is 10.3 Å². The number of carbonyl (C=O) groups is 1. The highest BCUT2D eigenvalue weighted by atomic mass is 32.1. The highest BCUT2D eigenvalue weighted by molar-refractivity contribution is 7.13. The van der Waals surface area contributed by atoms with Crippen molar-refractivity contribution < 1.29 is 4.79 Å². The summed E-state index contributed by atoms with van der Waals surface area (Å²) in [5.41, 5.74) is 0.980. The second-order valence-electron chi connectivity index (χ2n) is 5.06. The third-order valence-electron chi connectivity index (χ3n) is 3.92. The Hall–Kier alpha value is -0.900. The van der Waals surface area contributed by atoms with Gasteiger partial charge in [-0.05, 0) is 38.0 Å². The fraction of sp³-hybridized carbons (Fsp3) is 0.667. The van der Waals surface area contributed by atoms with Crippen molar-refractivity contribution in [1.29, 1.82) is 0 Å². The Labute approximate surface area is 99.3 Å². The standard InChI is InChI=1S/C12H16N2OS/c1-7-6-16-12(13-7)14-11(15)10-5-8-2-3-9(10)4-8/h6,8-10H,2-5H2,1H3,(H,13,14,15)/t8-,9-,10-/m1/s1. The van der Waals surface area contributed by atoms with Crippen molar-refractivity contribution in [3.63, 3.8) is 0 Å². The molecule has 4 heteroatoms. The lowest BCUT2D eigenvalue weighted by atomic mass is 9.88. The molecule has 2 bridgehead atoms. The Kier molecular flexibility index (Phi) is 2.46. The van der Waals surface area contributed by atoms with E-state index < -0.39 is 0 Å². The van der Waals surface area contributed by atoms with Gasteiger partial charge in [0.05, 0.1) is 5.69 Å². The zero-order valence-electron chi connectivity index (χ0n) is 9.40. The Morgan fingerprint density at radius 2 is 2.38 bits per heavy atom.